The Morgan fingerprint density at radius 1 is 1.15 bits per heavy atom. The van der Waals surface area contributed by atoms with Crippen LogP contribution in [-0.4, -0.2) is 9.97 Å². The molecule has 0 radical (unpaired) electrons. The average molecular weight is 307 g/mol. The van der Waals surface area contributed by atoms with Gasteiger partial charge in [0, 0.05) is 10.0 Å². The van der Waals surface area contributed by atoms with Gasteiger partial charge < -0.3 is 9.72 Å². The molecule has 0 aliphatic heterocycles. The van der Waals surface area contributed by atoms with Gasteiger partial charge in [0.15, 0.2) is 0 Å². The van der Waals surface area contributed by atoms with Gasteiger partial charge in [-0.3, -0.25) is 0 Å². The summed E-state index contributed by atoms with van der Waals surface area (Å²) in [5, 5.41) is 1.10. The summed E-state index contributed by atoms with van der Waals surface area (Å²) in [6, 6.07) is 11.1. The third-order valence-corrected chi connectivity index (χ3v) is 3.41. The Balaban J connectivity index is 1.81. The number of hydrogen-bond donors (Lipinski definition) is 1. The Labute approximate surface area is 126 Å². The second-order valence-corrected chi connectivity index (χ2v) is 5.42. The number of H-pyrrole nitrogens is 1. The fourth-order valence-electron chi connectivity index (χ4n) is 2.06. The molecule has 0 amide bonds. The number of halogens is 2. The molecule has 0 unspecified atom stereocenters. The van der Waals surface area contributed by atoms with Crippen molar-refractivity contribution >= 4 is 34.2 Å². The number of imidazole rings is 1. The molecule has 3 nitrogen and oxygen atoms in total. The highest BCUT2D eigenvalue weighted by Gasteiger charge is 2.06. The highest BCUT2D eigenvalue weighted by Crippen LogP contribution is 2.25. The van der Waals surface area contributed by atoms with Gasteiger partial charge in [0.2, 0.25) is 0 Å². The molecular formula is C15H12Cl2N2O. The summed E-state index contributed by atoms with van der Waals surface area (Å²) in [6.07, 6.45) is 0. The molecule has 5 heteroatoms. The molecule has 0 aliphatic rings. The summed E-state index contributed by atoms with van der Waals surface area (Å²) in [4.78, 5) is 7.76. The van der Waals surface area contributed by atoms with Crippen LogP contribution in [0.1, 0.15) is 11.4 Å². The number of hydrogen-bond acceptors (Lipinski definition) is 2. The fourth-order valence-corrected chi connectivity index (χ4v) is 2.56. The van der Waals surface area contributed by atoms with Crippen molar-refractivity contribution in [3.05, 3.63) is 57.8 Å². The number of aromatic amines is 1. The number of nitrogens with zero attached hydrogens (tertiary/aromatic N) is 1. The van der Waals surface area contributed by atoms with Gasteiger partial charge >= 0.3 is 0 Å². The van der Waals surface area contributed by atoms with E-state index in [1.807, 2.05) is 25.1 Å². The van der Waals surface area contributed by atoms with E-state index < -0.39 is 0 Å². The first-order valence-corrected chi connectivity index (χ1v) is 6.90. The number of nitrogens with one attached hydrogen (secondary N) is 1. The van der Waals surface area contributed by atoms with E-state index in [-0.39, 0.29) is 0 Å². The lowest BCUT2D eigenvalue weighted by Gasteiger charge is -2.05. The normalized spacial score (nSPS) is 10.9. The number of benzene rings is 2. The molecule has 1 aromatic heterocycles. The molecule has 0 aliphatic carbocycles. The molecule has 2 aromatic carbocycles. The van der Waals surface area contributed by atoms with Crippen LogP contribution in [0, 0.1) is 6.92 Å². The van der Waals surface area contributed by atoms with Crippen LogP contribution in [-0.2, 0) is 6.61 Å². The lowest BCUT2D eigenvalue weighted by Crippen LogP contribution is -1.97. The van der Waals surface area contributed by atoms with Crippen molar-refractivity contribution in [2.45, 2.75) is 13.5 Å². The van der Waals surface area contributed by atoms with Crippen LogP contribution < -0.4 is 4.74 Å². The van der Waals surface area contributed by atoms with Crippen molar-refractivity contribution in [1.82, 2.24) is 9.97 Å². The van der Waals surface area contributed by atoms with Gasteiger partial charge in [-0.1, -0.05) is 35.3 Å². The summed E-state index contributed by atoms with van der Waals surface area (Å²) in [5.41, 5.74) is 3.11. The van der Waals surface area contributed by atoms with Gasteiger partial charge in [-0.25, -0.2) is 4.98 Å². The lowest BCUT2D eigenvalue weighted by atomic mass is 10.2. The van der Waals surface area contributed by atoms with Crippen LogP contribution in [0.15, 0.2) is 36.4 Å². The number of aromatic nitrogens is 2. The van der Waals surface area contributed by atoms with Crippen LogP contribution in [0.3, 0.4) is 0 Å². The molecular weight excluding hydrogens is 295 g/mol. The summed E-state index contributed by atoms with van der Waals surface area (Å²) < 4.78 is 5.66. The number of fused-ring (bicyclic) bond motifs is 1. The summed E-state index contributed by atoms with van der Waals surface area (Å²) in [7, 11) is 0. The molecule has 1 N–H and O–H groups in total. The van der Waals surface area contributed by atoms with Crippen LogP contribution in [0.5, 0.6) is 5.75 Å². The van der Waals surface area contributed by atoms with E-state index in [1.54, 1.807) is 18.2 Å². The topological polar surface area (TPSA) is 37.9 Å². The minimum Gasteiger partial charge on any atom is -0.486 e. The molecule has 0 atom stereocenters. The molecule has 0 spiro atoms. The SMILES string of the molecule is Cc1cccc2[nH]c(COc3cc(Cl)cc(Cl)c3)nc12. The molecule has 0 saturated carbocycles. The van der Waals surface area contributed by atoms with Crippen LogP contribution >= 0.6 is 23.2 Å². The van der Waals surface area contributed by atoms with Gasteiger partial charge in [-0.15, -0.1) is 0 Å². The first kappa shape index (κ1) is 13.3. The second kappa shape index (κ2) is 5.35. The summed E-state index contributed by atoms with van der Waals surface area (Å²) in [6.45, 7) is 2.37. The van der Waals surface area contributed by atoms with Gasteiger partial charge in [0.25, 0.3) is 0 Å². The van der Waals surface area contributed by atoms with Gasteiger partial charge in [-0.05, 0) is 36.8 Å². The van der Waals surface area contributed by atoms with E-state index in [1.165, 1.54) is 0 Å². The maximum atomic E-state index is 5.93. The zero-order valence-corrected chi connectivity index (χ0v) is 12.3. The van der Waals surface area contributed by atoms with E-state index in [2.05, 4.69) is 9.97 Å². The van der Waals surface area contributed by atoms with Crippen molar-refractivity contribution in [1.29, 1.82) is 0 Å². The Morgan fingerprint density at radius 3 is 2.60 bits per heavy atom. The van der Waals surface area contributed by atoms with E-state index in [4.69, 9.17) is 27.9 Å². The first-order chi connectivity index (χ1) is 9.61. The quantitative estimate of drug-likeness (QED) is 0.757. The molecule has 0 bridgehead atoms. The minimum absolute atomic E-state index is 0.338. The predicted octanol–water partition coefficient (Wildman–Crippen LogP) is 4.76. The summed E-state index contributed by atoms with van der Waals surface area (Å²) >= 11 is 11.9. The maximum Gasteiger partial charge on any atom is 0.146 e. The second-order valence-electron chi connectivity index (χ2n) is 4.55. The minimum atomic E-state index is 0.338. The largest absolute Gasteiger partial charge is 0.486 e. The van der Waals surface area contributed by atoms with Crippen molar-refractivity contribution < 1.29 is 4.74 Å². The zero-order chi connectivity index (χ0) is 14.1. The summed E-state index contributed by atoms with van der Waals surface area (Å²) in [5.74, 6) is 1.39. The lowest BCUT2D eigenvalue weighted by molar-refractivity contribution is 0.297. The van der Waals surface area contributed by atoms with Gasteiger partial charge in [0.05, 0.1) is 11.0 Å². The van der Waals surface area contributed by atoms with Crippen LogP contribution in [0.4, 0.5) is 0 Å². The van der Waals surface area contributed by atoms with E-state index in [0.29, 0.717) is 22.4 Å². The zero-order valence-electron chi connectivity index (χ0n) is 10.8. The van der Waals surface area contributed by atoms with Crippen molar-refractivity contribution in [3.8, 4) is 5.75 Å². The number of aryl methyl sites for hydroxylation is 1. The van der Waals surface area contributed by atoms with E-state index in [9.17, 15) is 0 Å². The molecule has 3 aromatic rings. The fraction of sp³-hybridized carbons (Fsp3) is 0.133. The maximum absolute atomic E-state index is 5.93. The highest BCUT2D eigenvalue weighted by molar-refractivity contribution is 6.34. The third-order valence-electron chi connectivity index (χ3n) is 2.98. The standard InChI is InChI=1S/C15H12Cl2N2O/c1-9-3-2-4-13-15(9)19-14(18-13)8-20-12-6-10(16)5-11(17)7-12/h2-7H,8H2,1H3,(H,18,19). The molecule has 20 heavy (non-hydrogen) atoms. The Kier molecular flexibility index (Phi) is 3.55. The smallest absolute Gasteiger partial charge is 0.146 e. The van der Waals surface area contributed by atoms with Crippen molar-refractivity contribution in [2.75, 3.05) is 0 Å². The predicted molar refractivity (Wildman–Crippen MR) is 81.6 cm³/mol. The van der Waals surface area contributed by atoms with Crippen LogP contribution in [0.2, 0.25) is 10.0 Å². The number of para-hydroxylation sites is 1. The van der Waals surface area contributed by atoms with Crippen molar-refractivity contribution in [2.24, 2.45) is 0 Å². The molecule has 3 rings (SSSR count). The monoisotopic (exact) mass is 306 g/mol. The van der Waals surface area contributed by atoms with E-state index in [0.717, 1.165) is 22.4 Å². The van der Waals surface area contributed by atoms with Crippen molar-refractivity contribution in [3.63, 3.8) is 0 Å². The number of ether oxygens (including phenoxy) is 1. The molecule has 0 fully saturated rings. The average Bonchev–Trinajstić information content (AvgIpc) is 2.80. The van der Waals surface area contributed by atoms with Gasteiger partial charge in [0.1, 0.15) is 18.2 Å². The van der Waals surface area contributed by atoms with E-state index >= 15 is 0 Å². The van der Waals surface area contributed by atoms with Gasteiger partial charge in [-0.2, -0.15) is 0 Å². The number of rotatable bonds is 3. The Hall–Kier alpha value is -1.71. The van der Waals surface area contributed by atoms with Crippen LogP contribution in [0.25, 0.3) is 11.0 Å². The molecule has 0 saturated heterocycles. The highest BCUT2D eigenvalue weighted by atomic mass is 35.5. The Morgan fingerprint density at radius 2 is 1.90 bits per heavy atom. The molecule has 1 heterocycles. The first-order valence-electron chi connectivity index (χ1n) is 6.15. The Bertz CT molecular complexity index is 747. The molecule has 102 valence electrons. The third kappa shape index (κ3) is 2.74.